The van der Waals surface area contributed by atoms with E-state index in [1.54, 1.807) is 6.08 Å². The summed E-state index contributed by atoms with van der Waals surface area (Å²) in [6, 6.07) is 5.77. The molecule has 0 aromatic heterocycles. The van der Waals surface area contributed by atoms with Gasteiger partial charge in [0.15, 0.2) is 0 Å². The number of carboxylic acids is 1. The molecule has 1 amide bonds. The summed E-state index contributed by atoms with van der Waals surface area (Å²) >= 11 is 5.97. The van der Waals surface area contributed by atoms with Crippen molar-refractivity contribution in [2.24, 2.45) is 11.8 Å². The third-order valence-corrected chi connectivity index (χ3v) is 4.11. The van der Waals surface area contributed by atoms with E-state index in [0.717, 1.165) is 16.8 Å². The first kappa shape index (κ1) is 15.6. The Bertz CT molecular complexity index is 610. The molecule has 2 atom stereocenters. The molecule has 1 aliphatic rings. The topological polar surface area (TPSA) is 66.4 Å². The normalized spacial score (nSPS) is 21.6. The molecule has 112 valence electrons. The number of rotatable bonds is 3. The number of aryl methyl sites for hydroxylation is 2. The summed E-state index contributed by atoms with van der Waals surface area (Å²) in [5.74, 6) is -2.61. The molecule has 0 saturated carbocycles. The molecule has 1 aromatic rings. The van der Waals surface area contributed by atoms with Gasteiger partial charge in [0.2, 0.25) is 5.91 Å². The summed E-state index contributed by atoms with van der Waals surface area (Å²) in [5.41, 5.74) is 2.69. The second-order valence-corrected chi connectivity index (χ2v) is 5.94. The van der Waals surface area contributed by atoms with Crippen LogP contribution in [-0.2, 0) is 9.59 Å². The molecule has 2 N–H and O–H groups in total. The molecule has 0 aliphatic heterocycles. The number of anilines is 1. The van der Waals surface area contributed by atoms with Gasteiger partial charge in [-0.3, -0.25) is 9.59 Å². The summed E-state index contributed by atoms with van der Waals surface area (Å²) in [6.07, 6.45) is 2.25. The molecule has 2 rings (SSSR count). The number of carbonyl (C=O) groups excluding carboxylic acids is 1. The van der Waals surface area contributed by atoms with Gasteiger partial charge in [-0.2, -0.15) is 0 Å². The van der Waals surface area contributed by atoms with E-state index in [-0.39, 0.29) is 12.3 Å². The van der Waals surface area contributed by atoms with Gasteiger partial charge < -0.3 is 10.4 Å². The molecule has 0 radical (unpaired) electrons. The van der Waals surface area contributed by atoms with Crippen molar-refractivity contribution in [2.75, 3.05) is 5.32 Å². The monoisotopic (exact) mass is 307 g/mol. The van der Waals surface area contributed by atoms with Gasteiger partial charge in [-0.25, -0.2) is 0 Å². The second kappa shape index (κ2) is 6.31. The Morgan fingerprint density at radius 3 is 2.67 bits per heavy atom. The first-order valence-electron chi connectivity index (χ1n) is 6.84. The van der Waals surface area contributed by atoms with Gasteiger partial charge in [0.1, 0.15) is 0 Å². The van der Waals surface area contributed by atoms with Crippen molar-refractivity contribution in [1.29, 1.82) is 0 Å². The van der Waals surface area contributed by atoms with Crippen LogP contribution in [-0.4, -0.2) is 17.0 Å². The largest absolute Gasteiger partial charge is 0.481 e. The number of aliphatic carboxylic acids is 1. The molecule has 0 heterocycles. The zero-order chi connectivity index (χ0) is 15.6. The highest BCUT2D eigenvalue weighted by Gasteiger charge is 2.36. The fourth-order valence-corrected chi connectivity index (χ4v) is 2.75. The number of hydrogen-bond acceptors (Lipinski definition) is 2. The van der Waals surface area contributed by atoms with Crippen LogP contribution in [0, 0.1) is 25.7 Å². The van der Waals surface area contributed by atoms with Crippen molar-refractivity contribution in [2.45, 2.75) is 26.7 Å². The number of halogens is 1. The summed E-state index contributed by atoms with van der Waals surface area (Å²) in [5, 5.41) is 12.6. The molecule has 1 aliphatic carbocycles. The van der Waals surface area contributed by atoms with E-state index in [1.807, 2.05) is 32.0 Å². The molecular weight excluding hydrogens is 290 g/mol. The average molecular weight is 308 g/mol. The maximum atomic E-state index is 12.4. The SMILES string of the molecule is Cc1ccc(C)c(NC(=O)[C@H]2CC(Cl)=CC[C@@H]2C(=O)O)c1. The maximum Gasteiger partial charge on any atom is 0.307 e. The molecule has 0 spiro atoms. The fourth-order valence-electron chi connectivity index (χ4n) is 2.50. The molecule has 0 unspecified atom stereocenters. The van der Waals surface area contributed by atoms with Crippen molar-refractivity contribution in [3.05, 3.63) is 40.4 Å². The predicted octanol–water partition coefficient (Wildman–Crippen LogP) is 3.48. The van der Waals surface area contributed by atoms with Crippen LogP contribution in [0.4, 0.5) is 5.69 Å². The molecule has 21 heavy (non-hydrogen) atoms. The van der Waals surface area contributed by atoms with E-state index in [1.165, 1.54) is 0 Å². The molecule has 0 bridgehead atoms. The van der Waals surface area contributed by atoms with Gasteiger partial charge in [-0.15, -0.1) is 0 Å². The van der Waals surface area contributed by atoms with E-state index in [2.05, 4.69) is 5.32 Å². The third kappa shape index (κ3) is 3.64. The minimum absolute atomic E-state index is 0.273. The summed E-state index contributed by atoms with van der Waals surface area (Å²) < 4.78 is 0. The van der Waals surface area contributed by atoms with Gasteiger partial charge in [0.25, 0.3) is 0 Å². The quantitative estimate of drug-likeness (QED) is 0.898. The van der Waals surface area contributed by atoms with Crippen molar-refractivity contribution in [3.8, 4) is 0 Å². The first-order valence-corrected chi connectivity index (χ1v) is 7.21. The Balaban J connectivity index is 2.20. The fraction of sp³-hybridized carbons (Fsp3) is 0.375. The molecule has 4 nitrogen and oxygen atoms in total. The Hall–Kier alpha value is -1.81. The van der Waals surface area contributed by atoms with E-state index in [9.17, 15) is 14.7 Å². The standard InChI is InChI=1S/C16H18ClNO3/c1-9-3-4-10(2)14(7-9)18-15(19)13-8-11(17)5-6-12(13)16(20)21/h3-5,7,12-13H,6,8H2,1-2H3,(H,18,19)(H,20,21)/t12-,13-/m0/s1. The number of benzene rings is 1. The molecular formula is C16H18ClNO3. The van der Waals surface area contributed by atoms with Crippen molar-refractivity contribution in [3.63, 3.8) is 0 Å². The molecule has 5 heteroatoms. The number of carboxylic acid groups (broad SMARTS) is 1. The maximum absolute atomic E-state index is 12.4. The second-order valence-electron chi connectivity index (χ2n) is 5.45. The molecule has 1 aromatic carbocycles. The lowest BCUT2D eigenvalue weighted by molar-refractivity contribution is -0.146. The third-order valence-electron chi connectivity index (χ3n) is 3.80. The van der Waals surface area contributed by atoms with Gasteiger partial charge >= 0.3 is 5.97 Å². The molecule has 0 saturated heterocycles. The zero-order valence-corrected chi connectivity index (χ0v) is 12.8. The number of nitrogens with one attached hydrogen (secondary N) is 1. The Morgan fingerprint density at radius 1 is 1.29 bits per heavy atom. The summed E-state index contributed by atoms with van der Waals surface area (Å²) in [6.45, 7) is 3.84. The minimum Gasteiger partial charge on any atom is -0.481 e. The first-order chi connectivity index (χ1) is 9.88. The van der Waals surface area contributed by atoms with Crippen LogP contribution < -0.4 is 5.32 Å². The van der Waals surface area contributed by atoms with E-state index in [0.29, 0.717) is 11.5 Å². The van der Waals surface area contributed by atoms with Gasteiger partial charge in [-0.05, 0) is 43.9 Å². The summed E-state index contributed by atoms with van der Waals surface area (Å²) in [7, 11) is 0. The van der Waals surface area contributed by atoms with E-state index in [4.69, 9.17) is 11.6 Å². The lowest BCUT2D eigenvalue weighted by Crippen LogP contribution is -2.35. The minimum atomic E-state index is -0.962. The number of allylic oxidation sites excluding steroid dienone is 2. The van der Waals surface area contributed by atoms with Crippen molar-refractivity contribution < 1.29 is 14.7 Å². The van der Waals surface area contributed by atoms with Crippen LogP contribution in [0.3, 0.4) is 0 Å². The van der Waals surface area contributed by atoms with Gasteiger partial charge in [-0.1, -0.05) is 29.8 Å². The number of hydrogen-bond donors (Lipinski definition) is 2. The van der Waals surface area contributed by atoms with Crippen LogP contribution in [0.1, 0.15) is 24.0 Å². The van der Waals surface area contributed by atoms with Crippen LogP contribution in [0.5, 0.6) is 0 Å². The van der Waals surface area contributed by atoms with Crippen LogP contribution >= 0.6 is 11.6 Å². The van der Waals surface area contributed by atoms with E-state index < -0.39 is 17.8 Å². The highest BCUT2D eigenvalue weighted by atomic mass is 35.5. The number of amides is 1. The van der Waals surface area contributed by atoms with Crippen LogP contribution in [0.2, 0.25) is 0 Å². The Morgan fingerprint density at radius 2 is 2.00 bits per heavy atom. The van der Waals surface area contributed by atoms with E-state index >= 15 is 0 Å². The smallest absolute Gasteiger partial charge is 0.307 e. The lowest BCUT2D eigenvalue weighted by Gasteiger charge is -2.26. The van der Waals surface area contributed by atoms with Crippen molar-refractivity contribution >= 4 is 29.2 Å². The lowest BCUT2D eigenvalue weighted by atomic mass is 9.82. The highest BCUT2D eigenvalue weighted by Crippen LogP contribution is 2.33. The summed E-state index contributed by atoms with van der Waals surface area (Å²) in [4.78, 5) is 23.7. The Labute approximate surface area is 128 Å². The number of carbonyl (C=O) groups is 2. The predicted molar refractivity (Wildman–Crippen MR) is 82.3 cm³/mol. The van der Waals surface area contributed by atoms with Gasteiger partial charge in [0.05, 0.1) is 11.8 Å². The highest BCUT2D eigenvalue weighted by molar-refractivity contribution is 6.29. The van der Waals surface area contributed by atoms with Crippen LogP contribution in [0.25, 0.3) is 0 Å². The van der Waals surface area contributed by atoms with Gasteiger partial charge in [0, 0.05) is 10.7 Å². The van der Waals surface area contributed by atoms with Crippen molar-refractivity contribution in [1.82, 2.24) is 0 Å². The molecule has 0 fully saturated rings. The Kier molecular flexibility index (Phi) is 4.68. The zero-order valence-electron chi connectivity index (χ0n) is 12.0. The van der Waals surface area contributed by atoms with Crippen LogP contribution in [0.15, 0.2) is 29.3 Å². The average Bonchev–Trinajstić information content (AvgIpc) is 2.42.